The molecule has 1 N–H and O–H groups in total. The Bertz CT molecular complexity index is 1440. The first-order chi connectivity index (χ1) is 18.0. The first-order valence-electron chi connectivity index (χ1n) is 12.8. The van der Waals surface area contributed by atoms with Gasteiger partial charge in [0.05, 0.1) is 10.9 Å². The number of amides is 1. The molecule has 0 saturated carbocycles. The predicted octanol–water partition coefficient (Wildman–Crippen LogP) is 5.26. The summed E-state index contributed by atoms with van der Waals surface area (Å²) in [5, 5.41) is 3.25. The van der Waals surface area contributed by atoms with Crippen molar-refractivity contribution in [3.05, 3.63) is 101 Å². The van der Waals surface area contributed by atoms with Crippen LogP contribution in [0.3, 0.4) is 0 Å². The standard InChI is InChI=1S/C31H34N4O2/c1-4-17-32-29(36)22-35-30(24-12-8-7-9-13-24)33-28-16-15-26(20-27(28)31(35)37)25-14-10-11-23(19-25)21-34(6-3)18-5-2/h4,7-16,19-20H,1,5-6,17-18,21-22H2,2-3H3,(H,32,36). The van der Waals surface area contributed by atoms with Crippen molar-refractivity contribution >= 4 is 16.8 Å². The molecule has 6 heteroatoms. The molecule has 0 aliphatic carbocycles. The number of hydrogen-bond acceptors (Lipinski definition) is 4. The molecule has 1 heterocycles. The van der Waals surface area contributed by atoms with Crippen LogP contribution in [-0.4, -0.2) is 40.0 Å². The SMILES string of the molecule is C=CCNC(=O)Cn1c(-c2ccccc2)nc2ccc(-c3cccc(CN(CC)CCC)c3)cc2c1=O. The van der Waals surface area contributed by atoms with Crippen molar-refractivity contribution in [3.8, 4) is 22.5 Å². The van der Waals surface area contributed by atoms with Crippen LogP contribution in [0, 0.1) is 0 Å². The van der Waals surface area contributed by atoms with Crippen molar-refractivity contribution in [1.29, 1.82) is 0 Å². The lowest BCUT2D eigenvalue weighted by atomic mass is 10.0. The van der Waals surface area contributed by atoms with E-state index in [-0.39, 0.29) is 18.0 Å². The fourth-order valence-corrected chi connectivity index (χ4v) is 4.51. The molecule has 190 valence electrons. The van der Waals surface area contributed by atoms with E-state index in [1.54, 1.807) is 6.08 Å². The van der Waals surface area contributed by atoms with Crippen LogP contribution in [0.5, 0.6) is 0 Å². The molecule has 0 aliphatic rings. The number of benzene rings is 3. The van der Waals surface area contributed by atoms with E-state index in [0.717, 1.165) is 42.7 Å². The van der Waals surface area contributed by atoms with Crippen molar-refractivity contribution in [1.82, 2.24) is 19.8 Å². The van der Waals surface area contributed by atoms with Crippen molar-refractivity contribution in [2.75, 3.05) is 19.6 Å². The molecule has 0 atom stereocenters. The number of hydrogen-bond donors (Lipinski definition) is 1. The highest BCUT2D eigenvalue weighted by Crippen LogP contribution is 2.25. The lowest BCUT2D eigenvalue weighted by Gasteiger charge is -2.20. The minimum atomic E-state index is -0.267. The smallest absolute Gasteiger partial charge is 0.262 e. The maximum atomic E-state index is 13.8. The number of rotatable bonds is 11. The van der Waals surface area contributed by atoms with Gasteiger partial charge < -0.3 is 5.32 Å². The molecular formula is C31H34N4O2. The molecule has 4 aromatic rings. The van der Waals surface area contributed by atoms with Crippen LogP contribution in [0.2, 0.25) is 0 Å². The van der Waals surface area contributed by atoms with Gasteiger partial charge in [0.15, 0.2) is 0 Å². The van der Waals surface area contributed by atoms with Crippen LogP contribution in [0.4, 0.5) is 0 Å². The highest BCUT2D eigenvalue weighted by molar-refractivity contribution is 5.86. The van der Waals surface area contributed by atoms with Gasteiger partial charge in [-0.05, 0) is 54.4 Å². The van der Waals surface area contributed by atoms with E-state index in [0.29, 0.717) is 23.3 Å². The Balaban J connectivity index is 1.77. The predicted molar refractivity (Wildman–Crippen MR) is 151 cm³/mol. The molecule has 0 saturated heterocycles. The van der Waals surface area contributed by atoms with E-state index in [1.165, 1.54) is 10.1 Å². The zero-order chi connectivity index (χ0) is 26.2. The second-order valence-corrected chi connectivity index (χ2v) is 9.09. The number of carbonyl (C=O) groups is 1. The largest absolute Gasteiger partial charge is 0.351 e. The summed E-state index contributed by atoms with van der Waals surface area (Å²) in [6.07, 6.45) is 2.73. The van der Waals surface area contributed by atoms with Crippen LogP contribution in [0.1, 0.15) is 25.8 Å². The fraction of sp³-hybridized carbons (Fsp3) is 0.258. The van der Waals surface area contributed by atoms with Crippen LogP contribution in [0.25, 0.3) is 33.4 Å². The number of nitrogens with one attached hydrogen (secondary N) is 1. The zero-order valence-corrected chi connectivity index (χ0v) is 21.6. The summed E-state index contributed by atoms with van der Waals surface area (Å²) in [5.41, 5.74) is 4.38. The highest BCUT2D eigenvalue weighted by atomic mass is 16.2. The Hall–Kier alpha value is -4.03. The number of aromatic nitrogens is 2. The van der Waals surface area contributed by atoms with Crippen LogP contribution >= 0.6 is 0 Å². The van der Waals surface area contributed by atoms with Gasteiger partial charge in [-0.25, -0.2) is 4.98 Å². The Morgan fingerprint density at radius 1 is 1.00 bits per heavy atom. The van der Waals surface area contributed by atoms with Gasteiger partial charge in [0.25, 0.3) is 5.56 Å². The Labute approximate surface area is 218 Å². The Kier molecular flexibility index (Phi) is 8.64. The topological polar surface area (TPSA) is 67.2 Å². The quantitative estimate of drug-likeness (QED) is 0.289. The molecule has 4 rings (SSSR count). The third kappa shape index (κ3) is 6.22. The van der Waals surface area contributed by atoms with Gasteiger partial charge in [-0.3, -0.25) is 19.1 Å². The summed E-state index contributed by atoms with van der Waals surface area (Å²) in [4.78, 5) is 33.6. The van der Waals surface area contributed by atoms with Crippen LogP contribution < -0.4 is 10.9 Å². The maximum absolute atomic E-state index is 13.8. The lowest BCUT2D eigenvalue weighted by Crippen LogP contribution is -2.33. The van der Waals surface area contributed by atoms with Gasteiger partial charge in [-0.15, -0.1) is 6.58 Å². The number of fused-ring (bicyclic) bond motifs is 1. The molecule has 3 aromatic carbocycles. The van der Waals surface area contributed by atoms with E-state index < -0.39 is 0 Å². The second-order valence-electron chi connectivity index (χ2n) is 9.09. The molecule has 0 aliphatic heterocycles. The first-order valence-corrected chi connectivity index (χ1v) is 12.8. The van der Waals surface area contributed by atoms with Gasteiger partial charge in [-0.1, -0.05) is 74.5 Å². The molecule has 0 radical (unpaired) electrons. The van der Waals surface area contributed by atoms with E-state index in [9.17, 15) is 9.59 Å². The first kappa shape index (κ1) is 26.0. The molecule has 0 unspecified atom stereocenters. The third-order valence-electron chi connectivity index (χ3n) is 6.38. The zero-order valence-electron chi connectivity index (χ0n) is 21.6. The highest BCUT2D eigenvalue weighted by Gasteiger charge is 2.16. The van der Waals surface area contributed by atoms with Crippen molar-refractivity contribution in [2.24, 2.45) is 0 Å². The van der Waals surface area contributed by atoms with Gasteiger partial charge in [0, 0.05) is 18.7 Å². The number of carbonyl (C=O) groups excluding carboxylic acids is 1. The van der Waals surface area contributed by atoms with Gasteiger partial charge in [0.1, 0.15) is 12.4 Å². The van der Waals surface area contributed by atoms with E-state index in [1.807, 2.05) is 48.5 Å². The van der Waals surface area contributed by atoms with Gasteiger partial charge in [-0.2, -0.15) is 0 Å². The minimum absolute atomic E-state index is 0.121. The lowest BCUT2D eigenvalue weighted by molar-refractivity contribution is -0.121. The minimum Gasteiger partial charge on any atom is -0.351 e. The van der Waals surface area contributed by atoms with E-state index in [2.05, 4.69) is 54.9 Å². The summed E-state index contributed by atoms with van der Waals surface area (Å²) in [6, 6.07) is 23.7. The maximum Gasteiger partial charge on any atom is 0.262 e. The van der Waals surface area contributed by atoms with Gasteiger partial charge >= 0.3 is 0 Å². The van der Waals surface area contributed by atoms with Crippen LogP contribution in [0.15, 0.2) is 90.2 Å². The summed E-state index contributed by atoms with van der Waals surface area (Å²) < 4.78 is 1.46. The molecule has 0 bridgehead atoms. The average Bonchev–Trinajstić information content (AvgIpc) is 2.93. The fourth-order valence-electron chi connectivity index (χ4n) is 4.51. The summed E-state index contributed by atoms with van der Waals surface area (Å²) in [5.74, 6) is 0.203. The van der Waals surface area contributed by atoms with Crippen molar-refractivity contribution in [3.63, 3.8) is 0 Å². The molecule has 0 fully saturated rings. The second kappa shape index (κ2) is 12.3. The monoisotopic (exact) mass is 494 g/mol. The molecule has 6 nitrogen and oxygen atoms in total. The van der Waals surface area contributed by atoms with Crippen LogP contribution in [-0.2, 0) is 17.9 Å². The molecule has 1 amide bonds. The molecule has 37 heavy (non-hydrogen) atoms. The molecular weight excluding hydrogens is 460 g/mol. The van der Waals surface area contributed by atoms with Gasteiger partial charge in [0.2, 0.25) is 5.91 Å². The van der Waals surface area contributed by atoms with E-state index >= 15 is 0 Å². The normalized spacial score (nSPS) is 11.1. The Morgan fingerprint density at radius 2 is 1.76 bits per heavy atom. The average molecular weight is 495 g/mol. The number of nitrogens with zero attached hydrogens (tertiary/aromatic N) is 3. The third-order valence-corrected chi connectivity index (χ3v) is 6.38. The van der Waals surface area contributed by atoms with E-state index in [4.69, 9.17) is 4.98 Å². The summed E-state index contributed by atoms with van der Waals surface area (Å²) in [6.45, 7) is 11.2. The summed E-state index contributed by atoms with van der Waals surface area (Å²) in [7, 11) is 0. The Morgan fingerprint density at radius 3 is 2.49 bits per heavy atom. The van der Waals surface area contributed by atoms with Crippen molar-refractivity contribution in [2.45, 2.75) is 33.4 Å². The summed E-state index contributed by atoms with van der Waals surface area (Å²) >= 11 is 0. The van der Waals surface area contributed by atoms with Crippen molar-refractivity contribution < 1.29 is 4.79 Å². The molecule has 0 spiro atoms. The molecule has 1 aromatic heterocycles.